The van der Waals surface area contributed by atoms with Gasteiger partial charge in [-0.2, -0.15) is 0 Å². The molecular formula is C23H32O6. The van der Waals surface area contributed by atoms with Gasteiger partial charge in [-0.05, 0) is 62.4 Å². The molecule has 3 aliphatic rings. The largest absolute Gasteiger partial charge is 0.468 e. The lowest BCUT2D eigenvalue weighted by molar-refractivity contribution is -0.206. The molecule has 6 nitrogen and oxygen atoms in total. The summed E-state index contributed by atoms with van der Waals surface area (Å²) in [5, 5.41) is 0. The fraction of sp³-hybridized carbons (Fsp3) is 0.739. The van der Waals surface area contributed by atoms with Gasteiger partial charge in [-0.15, -0.1) is 0 Å². The standard InChI is InChI=1S/C23H32O6/c1-13(12-24)19-15(26)11-17-21(3)10-8-18(29-14(2)25)23(5,20(27)28-6)16(21)7-9-22(17,19)4/h12,16-18H,7-11H2,1-6H3/b19-13-/t16?,17-,18+,21-,22-,23+/m0/s1. The van der Waals surface area contributed by atoms with Crippen molar-refractivity contribution in [3.05, 3.63) is 11.1 Å². The molecule has 3 saturated carbocycles. The zero-order chi connectivity index (χ0) is 21.8. The van der Waals surface area contributed by atoms with Crippen molar-refractivity contribution < 1.29 is 28.7 Å². The molecule has 160 valence electrons. The number of carbonyl (C=O) groups excluding carboxylic acids is 4. The maximum absolute atomic E-state index is 13.0. The molecule has 0 radical (unpaired) electrons. The number of hydrogen-bond acceptors (Lipinski definition) is 6. The lowest BCUT2D eigenvalue weighted by Crippen LogP contribution is -2.62. The molecule has 0 bridgehead atoms. The summed E-state index contributed by atoms with van der Waals surface area (Å²) in [7, 11) is 1.37. The van der Waals surface area contributed by atoms with Crippen LogP contribution in [0.4, 0.5) is 0 Å². The Bertz CT molecular complexity index is 797. The number of esters is 2. The van der Waals surface area contributed by atoms with E-state index in [4.69, 9.17) is 9.47 Å². The van der Waals surface area contributed by atoms with Crippen LogP contribution in [0.25, 0.3) is 0 Å². The van der Waals surface area contributed by atoms with Crippen LogP contribution in [0.1, 0.15) is 66.7 Å². The number of fused-ring (bicyclic) bond motifs is 3. The molecule has 3 aliphatic carbocycles. The van der Waals surface area contributed by atoms with Crippen molar-refractivity contribution in [2.75, 3.05) is 7.11 Å². The zero-order valence-corrected chi connectivity index (χ0v) is 18.3. The Labute approximate surface area is 172 Å². The Kier molecular flexibility index (Phi) is 5.29. The quantitative estimate of drug-likeness (QED) is 0.407. The van der Waals surface area contributed by atoms with E-state index in [1.807, 2.05) is 6.92 Å². The highest BCUT2D eigenvalue weighted by molar-refractivity contribution is 6.04. The molecule has 1 unspecified atom stereocenters. The SMILES string of the molecule is COC(=O)[C@]1(C)C2CC[C@]3(C)/C(=C(/C)C=O)C(=O)C[C@H]3[C@@]2(C)CC[C@H]1OC(C)=O. The number of rotatable bonds is 3. The molecule has 6 heteroatoms. The first-order valence-electron chi connectivity index (χ1n) is 10.4. The number of ketones is 1. The first-order valence-corrected chi connectivity index (χ1v) is 10.4. The minimum atomic E-state index is -0.968. The lowest BCUT2D eigenvalue weighted by Gasteiger charge is -2.61. The molecule has 0 heterocycles. The number of ether oxygens (including phenoxy) is 2. The molecule has 0 aliphatic heterocycles. The first kappa shape index (κ1) is 21.7. The van der Waals surface area contributed by atoms with Crippen LogP contribution in [0.15, 0.2) is 11.1 Å². The second-order valence-electron chi connectivity index (χ2n) is 9.78. The number of Topliss-reactive ketones (excluding diaryl/α,β-unsaturated/α-hetero) is 1. The Morgan fingerprint density at radius 3 is 2.28 bits per heavy atom. The van der Waals surface area contributed by atoms with Gasteiger partial charge >= 0.3 is 11.9 Å². The second-order valence-corrected chi connectivity index (χ2v) is 9.78. The first-order chi connectivity index (χ1) is 13.5. The van der Waals surface area contributed by atoms with E-state index in [2.05, 4.69) is 13.8 Å². The molecule has 29 heavy (non-hydrogen) atoms. The fourth-order valence-electron chi connectivity index (χ4n) is 7.19. The molecule has 0 spiro atoms. The van der Waals surface area contributed by atoms with Gasteiger partial charge in [0.25, 0.3) is 0 Å². The average molecular weight is 405 g/mol. The Hall–Kier alpha value is -1.98. The van der Waals surface area contributed by atoms with Crippen molar-refractivity contribution in [2.24, 2.45) is 28.1 Å². The molecule has 0 aromatic rings. The normalized spacial score (nSPS) is 43.1. The highest BCUT2D eigenvalue weighted by Gasteiger charge is 2.68. The lowest BCUT2D eigenvalue weighted by atomic mass is 9.42. The van der Waals surface area contributed by atoms with Gasteiger partial charge < -0.3 is 9.47 Å². The van der Waals surface area contributed by atoms with Crippen molar-refractivity contribution in [3.63, 3.8) is 0 Å². The topological polar surface area (TPSA) is 86.7 Å². The number of aldehydes is 1. The predicted octanol–water partition coefficient (Wildman–Crippen LogP) is 3.42. The molecule has 3 fully saturated rings. The van der Waals surface area contributed by atoms with E-state index in [9.17, 15) is 19.2 Å². The van der Waals surface area contributed by atoms with E-state index < -0.39 is 17.5 Å². The van der Waals surface area contributed by atoms with Crippen LogP contribution in [-0.2, 0) is 28.7 Å². The van der Waals surface area contributed by atoms with Crippen LogP contribution >= 0.6 is 0 Å². The maximum Gasteiger partial charge on any atom is 0.315 e. The number of methoxy groups -OCH3 is 1. The summed E-state index contributed by atoms with van der Waals surface area (Å²) in [5.41, 5.74) is -0.458. The minimum Gasteiger partial charge on any atom is -0.468 e. The van der Waals surface area contributed by atoms with Gasteiger partial charge in [-0.1, -0.05) is 13.8 Å². The smallest absolute Gasteiger partial charge is 0.315 e. The Morgan fingerprint density at radius 1 is 1.07 bits per heavy atom. The molecule has 0 saturated heterocycles. The van der Waals surface area contributed by atoms with Gasteiger partial charge in [0.1, 0.15) is 17.8 Å². The molecule has 3 rings (SSSR count). The fourth-order valence-corrected chi connectivity index (χ4v) is 7.19. The van der Waals surface area contributed by atoms with Gasteiger partial charge in [-0.25, -0.2) is 0 Å². The summed E-state index contributed by atoms with van der Waals surface area (Å²) < 4.78 is 10.8. The zero-order valence-electron chi connectivity index (χ0n) is 18.3. The molecule has 0 amide bonds. The molecule has 0 aromatic carbocycles. The van der Waals surface area contributed by atoms with Crippen LogP contribution in [0.5, 0.6) is 0 Å². The van der Waals surface area contributed by atoms with Crippen molar-refractivity contribution in [1.82, 2.24) is 0 Å². The van der Waals surface area contributed by atoms with Gasteiger partial charge in [-0.3, -0.25) is 19.2 Å². The maximum atomic E-state index is 13.0. The summed E-state index contributed by atoms with van der Waals surface area (Å²) in [4.78, 5) is 49.1. The monoisotopic (exact) mass is 404 g/mol. The number of carbonyl (C=O) groups is 4. The molecule has 0 N–H and O–H groups in total. The van der Waals surface area contributed by atoms with Crippen molar-refractivity contribution in [2.45, 2.75) is 72.8 Å². The van der Waals surface area contributed by atoms with Crippen LogP contribution in [0.3, 0.4) is 0 Å². The van der Waals surface area contributed by atoms with Gasteiger partial charge in [0.05, 0.1) is 7.11 Å². The Morgan fingerprint density at radius 2 is 1.72 bits per heavy atom. The van der Waals surface area contributed by atoms with Crippen LogP contribution in [0.2, 0.25) is 0 Å². The van der Waals surface area contributed by atoms with E-state index in [1.54, 1.807) is 6.92 Å². The second kappa shape index (κ2) is 7.06. The van der Waals surface area contributed by atoms with E-state index in [1.165, 1.54) is 14.0 Å². The highest BCUT2D eigenvalue weighted by Crippen LogP contribution is 2.69. The van der Waals surface area contributed by atoms with Gasteiger partial charge in [0.15, 0.2) is 5.78 Å². The predicted molar refractivity (Wildman–Crippen MR) is 106 cm³/mol. The summed E-state index contributed by atoms with van der Waals surface area (Å²) >= 11 is 0. The van der Waals surface area contributed by atoms with Crippen LogP contribution in [0, 0.1) is 28.1 Å². The summed E-state index contributed by atoms with van der Waals surface area (Å²) in [6.45, 7) is 9.19. The Balaban J connectivity index is 2.10. The number of allylic oxidation sites excluding steroid dienone is 2. The van der Waals surface area contributed by atoms with E-state index in [0.29, 0.717) is 36.8 Å². The molecular weight excluding hydrogens is 372 g/mol. The van der Waals surface area contributed by atoms with Crippen molar-refractivity contribution >= 4 is 24.0 Å². The van der Waals surface area contributed by atoms with E-state index >= 15 is 0 Å². The third kappa shape index (κ3) is 2.89. The average Bonchev–Trinajstić information content (AvgIpc) is 2.94. The van der Waals surface area contributed by atoms with Crippen molar-refractivity contribution in [1.29, 1.82) is 0 Å². The van der Waals surface area contributed by atoms with E-state index in [0.717, 1.165) is 12.7 Å². The summed E-state index contributed by atoms with van der Waals surface area (Å²) in [5.74, 6) is -0.772. The van der Waals surface area contributed by atoms with Gasteiger partial charge in [0.2, 0.25) is 0 Å². The van der Waals surface area contributed by atoms with Crippen molar-refractivity contribution in [3.8, 4) is 0 Å². The van der Waals surface area contributed by atoms with Gasteiger partial charge in [0, 0.05) is 24.3 Å². The van der Waals surface area contributed by atoms with Crippen LogP contribution < -0.4 is 0 Å². The minimum absolute atomic E-state index is 0.0356. The van der Waals surface area contributed by atoms with E-state index in [-0.39, 0.29) is 34.4 Å². The third-order valence-corrected chi connectivity index (χ3v) is 8.40. The molecule has 0 aromatic heterocycles. The van der Waals surface area contributed by atoms with Crippen LogP contribution in [-0.4, -0.2) is 37.2 Å². The molecule has 6 atom stereocenters. The third-order valence-electron chi connectivity index (χ3n) is 8.40. The summed E-state index contributed by atoms with van der Waals surface area (Å²) in [6.07, 6.45) is 3.34. The summed E-state index contributed by atoms with van der Waals surface area (Å²) in [6, 6.07) is 0. The number of hydrogen-bond donors (Lipinski definition) is 0. The highest BCUT2D eigenvalue weighted by atomic mass is 16.6.